The highest BCUT2D eigenvalue weighted by Gasteiger charge is 2.08. The quantitative estimate of drug-likeness (QED) is 0.531. The van der Waals surface area contributed by atoms with Crippen molar-refractivity contribution in [3.05, 3.63) is 42.2 Å². The van der Waals surface area contributed by atoms with Gasteiger partial charge in [0, 0.05) is 24.4 Å². The average molecular weight is 290 g/mol. The fraction of sp³-hybridized carbons (Fsp3) is 0.154. The highest BCUT2D eigenvalue weighted by molar-refractivity contribution is 7.98. The molecule has 1 heterocycles. The maximum atomic E-state index is 5.65. The SMILES string of the molecule is CSc1cc(N(C)c2cccc(C(N)=S)c2)ncn1. The minimum atomic E-state index is 0.391. The Balaban J connectivity index is 2.35. The van der Waals surface area contributed by atoms with Gasteiger partial charge in [-0.3, -0.25) is 0 Å². The fourth-order valence-electron chi connectivity index (χ4n) is 1.63. The number of hydrogen-bond donors (Lipinski definition) is 1. The first-order chi connectivity index (χ1) is 9.11. The molecule has 6 heteroatoms. The van der Waals surface area contributed by atoms with E-state index in [0.29, 0.717) is 4.99 Å². The molecule has 0 aliphatic carbocycles. The van der Waals surface area contributed by atoms with Crippen molar-refractivity contribution >= 4 is 40.5 Å². The molecule has 0 fully saturated rings. The van der Waals surface area contributed by atoms with E-state index < -0.39 is 0 Å². The van der Waals surface area contributed by atoms with Gasteiger partial charge in [0.2, 0.25) is 0 Å². The maximum absolute atomic E-state index is 5.65. The normalized spacial score (nSPS) is 10.2. The number of thioether (sulfide) groups is 1. The van der Waals surface area contributed by atoms with Crippen LogP contribution in [-0.2, 0) is 0 Å². The van der Waals surface area contributed by atoms with Crippen LogP contribution in [0.5, 0.6) is 0 Å². The second-order valence-corrected chi connectivity index (χ2v) is 5.16. The van der Waals surface area contributed by atoms with Gasteiger partial charge in [-0.1, -0.05) is 24.4 Å². The highest BCUT2D eigenvalue weighted by Crippen LogP contribution is 2.24. The maximum Gasteiger partial charge on any atom is 0.137 e. The van der Waals surface area contributed by atoms with Gasteiger partial charge in [0.15, 0.2) is 0 Å². The van der Waals surface area contributed by atoms with E-state index in [1.54, 1.807) is 18.1 Å². The third kappa shape index (κ3) is 3.21. The predicted octanol–water partition coefficient (Wildman–Crippen LogP) is 2.60. The number of hydrogen-bond acceptors (Lipinski definition) is 5. The third-order valence-electron chi connectivity index (χ3n) is 2.70. The molecular weight excluding hydrogens is 276 g/mol. The van der Waals surface area contributed by atoms with Crippen LogP contribution in [0.4, 0.5) is 11.5 Å². The molecule has 2 rings (SSSR count). The summed E-state index contributed by atoms with van der Waals surface area (Å²) in [6.07, 6.45) is 3.55. The van der Waals surface area contributed by atoms with E-state index >= 15 is 0 Å². The van der Waals surface area contributed by atoms with Crippen LogP contribution < -0.4 is 10.6 Å². The molecule has 0 spiro atoms. The lowest BCUT2D eigenvalue weighted by atomic mass is 10.2. The molecule has 1 aromatic carbocycles. The topological polar surface area (TPSA) is 55.0 Å². The van der Waals surface area contributed by atoms with Crippen molar-refractivity contribution in [3.8, 4) is 0 Å². The largest absolute Gasteiger partial charge is 0.389 e. The second-order valence-electron chi connectivity index (χ2n) is 3.89. The number of nitrogens with two attached hydrogens (primary N) is 1. The zero-order valence-electron chi connectivity index (χ0n) is 10.7. The summed E-state index contributed by atoms with van der Waals surface area (Å²) >= 11 is 6.58. The van der Waals surface area contributed by atoms with E-state index in [2.05, 4.69) is 9.97 Å². The summed E-state index contributed by atoms with van der Waals surface area (Å²) in [5.41, 5.74) is 7.48. The average Bonchev–Trinajstić information content (AvgIpc) is 2.46. The molecule has 0 bridgehead atoms. The summed E-state index contributed by atoms with van der Waals surface area (Å²) in [6.45, 7) is 0. The monoisotopic (exact) mass is 290 g/mol. The van der Waals surface area contributed by atoms with E-state index in [9.17, 15) is 0 Å². The van der Waals surface area contributed by atoms with Gasteiger partial charge in [0.1, 0.15) is 22.2 Å². The van der Waals surface area contributed by atoms with Crippen LogP contribution in [0.2, 0.25) is 0 Å². The molecule has 1 aromatic heterocycles. The summed E-state index contributed by atoms with van der Waals surface area (Å²) in [5, 5.41) is 0.933. The second kappa shape index (κ2) is 5.99. The van der Waals surface area contributed by atoms with E-state index in [1.165, 1.54) is 0 Å². The summed E-state index contributed by atoms with van der Waals surface area (Å²) in [6, 6.07) is 9.70. The fourth-order valence-corrected chi connectivity index (χ4v) is 2.13. The third-order valence-corrected chi connectivity index (χ3v) is 3.58. The van der Waals surface area contributed by atoms with E-state index in [-0.39, 0.29) is 0 Å². The van der Waals surface area contributed by atoms with E-state index in [0.717, 1.165) is 22.1 Å². The van der Waals surface area contributed by atoms with Crippen molar-refractivity contribution in [3.63, 3.8) is 0 Å². The van der Waals surface area contributed by atoms with Crippen LogP contribution >= 0.6 is 24.0 Å². The Morgan fingerprint density at radius 2 is 2.11 bits per heavy atom. The summed E-state index contributed by atoms with van der Waals surface area (Å²) in [7, 11) is 1.95. The lowest BCUT2D eigenvalue weighted by molar-refractivity contribution is 1.01. The number of anilines is 2. The Bertz CT molecular complexity index is 601. The van der Waals surface area contributed by atoms with Crippen molar-refractivity contribution in [1.29, 1.82) is 0 Å². The Kier molecular flexibility index (Phi) is 4.34. The number of benzene rings is 1. The molecule has 98 valence electrons. The molecular formula is C13H14N4S2. The van der Waals surface area contributed by atoms with Crippen molar-refractivity contribution in [2.75, 3.05) is 18.2 Å². The van der Waals surface area contributed by atoms with Gasteiger partial charge in [-0.25, -0.2) is 9.97 Å². The first-order valence-electron chi connectivity index (χ1n) is 5.61. The van der Waals surface area contributed by atoms with Crippen molar-refractivity contribution in [2.45, 2.75) is 5.03 Å². The molecule has 0 aliphatic rings. The van der Waals surface area contributed by atoms with Crippen LogP contribution in [0.1, 0.15) is 5.56 Å². The minimum Gasteiger partial charge on any atom is -0.389 e. The molecule has 0 saturated heterocycles. The molecule has 0 amide bonds. The highest BCUT2D eigenvalue weighted by atomic mass is 32.2. The summed E-state index contributed by atoms with van der Waals surface area (Å²) in [5.74, 6) is 0.833. The zero-order valence-corrected chi connectivity index (χ0v) is 12.3. The van der Waals surface area contributed by atoms with Crippen LogP contribution in [0, 0.1) is 0 Å². The van der Waals surface area contributed by atoms with E-state index in [4.69, 9.17) is 18.0 Å². The Morgan fingerprint density at radius 1 is 1.32 bits per heavy atom. The minimum absolute atomic E-state index is 0.391. The Hall–Kier alpha value is -1.66. The number of rotatable bonds is 4. The van der Waals surface area contributed by atoms with Crippen LogP contribution in [0.25, 0.3) is 0 Å². The van der Waals surface area contributed by atoms with Gasteiger partial charge in [0.05, 0.1) is 0 Å². The summed E-state index contributed by atoms with van der Waals surface area (Å²) < 4.78 is 0. The van der Waals surface area contributed by atoms with Gasteiger partial charge in [-0.15, -0.1) is 11.8 Å². The number of thiocarbonyl (C=S) groups is 1. The van der Waals surface area contributed by atoms with E-state index in [1.807, 2.05) is 48.5 Å². The molecule has 2 aromatic rings. The van der Waals surface area contributed by atoms with Gasteiger partial charge in [0.25, 0.3) is 0 Å². The smallest absolute Gasteiger partial charge is 0.137 e. The van der Waals surface area contributed by atoms with Crippen molar-refractivity contribution in [2.24, 2.45) is 5.73 Å². The molecule has 19 heavy (non-hydrogen) atoms. The predicted molar refractivity (Wildman–Crippen MR) is 84.2 cm³/mol. The number of aromatic nitrogens is 2. The van der Waals surface area contributed by atoms with Gasteiger partial charge in [-0.05, 0) is 18.4 Å². The van der Waals surface area contributed by atoms with Crippen LogP contribution in [-0.4, -0.2) is 28.3 Å². The molecule has 4 nitrogen and oxygen atoms in total. The molecule has 2 N–H and O–H groups in total. The van der Waals surface area contributed by atoms with Crippen molar-refractivity contribution in [1.82, 2.24) is 9.97 Å². The van der Waals surface area contributed by atoms with Crippen LogP contribution in [0.3, 0.4) is 0 Å². The van der Waals surface area contributed by atoms with Gasteiger partial charge < -0.3 is 10.6 Å². The lowest BCUT2D eigenvalue weighted by Crippen LogP contribution is -2.14. The van der Waals surface area contributed by atoms with Crippen LogP contribution in [0.15, 0.2) is 41.7 Å². The number of nitrogens with zero attached hydrogens (tertiary/aromatic N) is 3. The molecule has 0 atom stereocenters. The van der Waals surface area contributed by atoms with Gasteiger partial charge in [-0.2, -0.15) is 0 Å². The Labute approximate surface area is 122 Å². The first-order valence-corrected chi connectivity index (χ1v) is 7.24. The lowest BCUT2D eigenvalue weighted by Gasteiger charge is -2.19. The van der Waals surface area contributed by atoms with Crippen molar-refractivity contribution < 1.29 is 0 Å². The Morgan fingerprint density at radius 3 is 2.79 bits per heavy atom. The standard InChI is InChI=1S/C13H14N4S2/c1-17(11-7-12(19-2)16-8-15-11)10-5-3-4-9(6-10)13(14)18/h3-8H,1-2H3,(H2,14,18). The molecule has 0 aliphatic heterocycles. The van der Waals surface area contributed by atoms with Gasteiger partial charge >= 0.3 is 0 Å². The summed E-state index contributed by atoms with van der Waals surface area (Å²) in [4.78, 5) is 10.8. The zero-order chi connectivity index (χ0) is 13.8. The molecule has 0 radical (unpaired) electrons. The molecule has 0 unspecified atom stereocenters. The first kappa shape index (κ1) is 13.8. The molecule has 0 saturated carbocycles.